The van der Waals surface area contributed by atoms with Crippen molar-refractivity contribution in [2.75, 3.05) is 6.61 Å². The highest BCUT2D eigenvalue weighted by molar-refractivity contribution is 5.57. The molecule has 0 atom stereocenters. The summed E-state index contributed by atoms with van der Waals surface area (Å²) in [6.07, 6.45) is 3.39. The summed E-state index contributed by atoms with van der Waals surface area (Å²) < 4.78 is 5.55. The normalized spacial score (nSPS) is 11.1. The van der Waals surface area contributed by atoms with E-state index in [2.05, 4.69) is 4.98 Å². The summed E-state index contributed by atoms with van der Waals surface area (Å²) in [5.41, 5.74) is 1.71. The van der Waals surface area contributed by atoms with E-state index in [4.69, 9.17) is 9.52 Å². The second-order valence-corrected chi connectivity index (χ2v) is 3.41. The molecule has 3 heteroatoms. The van der Waals surface area contributed by atoms with E-state index in [-0.39, 0.29) is 6.61 Å². The lowest BCUT2D eigenvalue weighted by molar-refractivity contribution is 0.343. The number of aliphatic hydroxyl groups excluding tert-OH is 1. The summed E-state index contributed by atoms with van der Waals surface area (Å²) in [7, 11) is 0. The van der Waals surface area contributed by atoms with Crippen molar-refractivity contribution in [3.63, 3.8) is 0 Å². The molecule has 82 valence electrons. The van der Waals surface area contributed by atoms with Gasteiger partial charge in [-0.05, 0) is 25.1 Å². The third-order valence-electron chi connectivity index (χ3n) is 2.23. The molecule has 0 aliphatic carbocycles. The van der Waals surface area contributed by atoms with Gasteiger partial charge in [-0.3, -0.25) is 0 Å². The summed E-state index contributed by atoms with van der Waals surface area (Å²) in [5.74, 6) is 1.36. The quantitative estimate of drug-likeness (QED) is 0.856. The van der Waals surface area contributed by atoms with Gasteiger partial charge in [0.2, 0.25) is 5.89 Å². The van der Waals surface area contributed by atoms with Crippen molar-refractivity contribution in [1.82, 2.24) is 4.98 Å². The average Bonchev–Trinajstić information content (AvgIpc) is 2.69. The van der Waals surface area contributed by atoms with Crippen molar-refractivity contribution >= 4 is 6.08 Å². The molecule has 0 saturated heterocycles. The zero-order valence-corrected chi connectivity index (χ0v) is 9.05. The van der Waals surface area contributed by atoms with Crippen LogP contribution in [0.15, 0.2) is 40.8 Å². The number of hydrogen-bond acceptors (Lipinski definition) is 3. The first kappa shape index (κ1) is 10.6. The molecule has 1 N–H and O–H groups in total. The molecule has 0 aliphatic heterocycles. The Balaban J connectivity index is 2.35. The van der Waals surface area contributed by atoms with Gasteiger partial charge in [-0.2, -0.15) is 0 Å². The minimum Gasteiger partial charge on any atom is -0.441 e. The molecule has 0 radical (unpaired) electrons. The Bertz CT molecular complexity index is 486. The lowest BCUT2D eigenvalue weighted by Gasteiger charge is -1.91. The molecule has 0 amide bonds. The second kappa shape index (κ2) is 4.77. The first-order valence-electron chi connectivity index (χ1n) is 5.11. The highest BCUT2D eigenvalue weighted by Crippen LogP contribution is 2.21. The van der Waals surface area contributed by atoms with E-state index in [1.54, 1.807) is 12.2 Å². The molecular formula is C13H13NO2. The van der Waals surface area contributed by atoms with Gasteiger partial charge in [0.05, 0.1) is 6.61 Å². The maximum atomic E-state index is 8.70. The van der Waals surface area contributed by atoms with Crippen molar-refractivity contribution in [2.45, 2.75) is 6.92 Å². The molecule has 3 nitrogen and oxygen atoms in total. The van der Waals surface area contributed by atoms with Gasteiger partial charge in [0.1, 0.15) is 11.5 Å². The predicted molar refractivity (Wildman–Crippen MR) is 62.8 cm³/mol. The number of oxazole rings is 1. The fraction of sp³-hybridized carbons (Fsp3) is 0.154. The number of nitrogens with zero attached hydrogens (tertiary/aromatic N) is 1. The maximum absolute atomic E-state index is 8.70. The van der Waals surface area contributed by atoms with Crippen molar-refractivity contribution in [3.8, 4) is 11.5 Å². The van der Waals surface area contributed by atoms with Crippen LogP contribution in [-0.2, 0) is 0 Å². The van der Waals surface area contributed by atoms with E-state index in [0.29, 0.717) is 5.89 Å². The monoisotopic (exact) mass is 215 g/mol. The van der Waals surface area contributed by atoms with Gasteiger partial charge < -0.3 is 9.52 Å². The highest BCUT2D eigenvalue weighted by atomic mass is 16.4. The van der Waals surface area contributed by atoms with Gasteiger partial charge in [0.25, 0.3) is 0 Å². The molecule has 0 aliphatic rings. The standard InChI is InChI=1S/C13H13NO2/c1-10-12(8-5-9-15)14-13(16-10)11-6-3-2-4-7-11/h2-8,15H,9H2,1H3/b8-5+. The third kappa shape index (κ3) is 2.20. The van der Waals surface area contributed by atoms with Crippen molar-refractivity contribution < 1.29 is 9.52 Å². The van der Waals surface area contributed by atoms with Crippen LogP contribution < -0.4 is 0 Å². The van der Waals surface area contributed by atoms with Gasteiger partial charge in [-0.25, -0.2) is 4.98 Å². The average molecular weight is 215 g/mol. The highest BCUT2D eigenvalue weighted by Gasteiger charge is 2.08. The smallest absolute Gasteiger partial charge is 0.226 e. The number of aromatic nitrogens is 1. The number of aliphatic hydroxyl groups is 1. The lowest BCUT2D eigenvalue weighted by atomic mass is 10.2. The summed E-state index contributed by atoms with van der Waals surface area (Å²) in [6, 6.07) is 9.73. The van der Waals surface area contributed by atoms with Crippen LogP contribution in [0.4, 0.5) is 0 Å². The fourth-order valence-corrected chi connectivity index (χ4v) is 1.43. The summed E-state index contributed by atoms with van der Waals surface area (Å²) in [4.78, 5) is 4.35. The molecule has 16 heavy (non-hydrogen) atoms. The van der Waals surface area contributed by atoms with Crippen LogP contribution in [0.5, 0.6) is 0 Å². The Morgan fingerprint density at radius 3 is 2.75 bits per heavy atom. The molecule has 1 heterocycles. The second-order valence-electron chi connectivity index (χ2n) is 3.41. The molecule has 0 fully saturated rings. The Hall–Kier alpha value is -1.87. The largest absolute Gasteiger partial charge is 0.441 e. The molecule has 0 saturated carbocycles. The third-order valence-corrected chi connectivity index (χ3v) is 2.23. The molecule has 1 aromatic carbocycles. The van der Waals surface area contributed by atoms with Gasteiger partial charge >= 0.3 is 0 Å². The van der Waals surface area contributed by atoms with Crippen LogP contribution in [0.2, 0.25) is 0 Å². The predicted octanol–water partition coefficient (Wildman–Crippen LogP) is 2.66. The van der Waals surface area contributed by atoms with E-state index in [0.717, 1.165) is 17.0 Å². The topological polar surface area (TPSA) is 46.3 Å². The Kier molecular flexibility index (Phi) is 3.17. The van der Waals surface area contributed by atoms with Crippen LogP contribution in [0, 0.1) is 6.92 Å². The molecule has 0 spiro atoms. The molecule has 0 bridgehead atoms. The number of hydrogen-bond donors (Lipinski definition) is 1. The first-order valence-corrected chi connectivity index (χ1v) is 5.11. The van der Waals surface area contributed by atoms with Gasteiger partial charge in [0.15, 0.2) is 0 Å². The van der Waals surface area contributed by atoms with Gasteiger partial charge in [0, 0.05) is 5.56 Å². The number of aryl methyl sites for hydroxylation is 1. The lowest BCUT2D eigenvalue weighted by Crippen LogP contribution is -1.78. The minimum absolute atomic E-state index is 0.00691. The summed E-state index contributed by atoms with van der Waals surface area (Å²) >= 11 is 0. The van der Waals surface area contributed by atoms with Crippen LogP contribution in [-0.4, -0.2) is 16.7 Å². The minimum atomic E-state index is 0.00691. The summed E-state index contributed by atoms with van der Waals surface area (Å²) in [6.45, 7) is 1.86. The van der Waals surface area contributed by atoms with E-state index in [1.165, 1.54) is 0 Å². The first-order chi connectivity index (χ1) is 7.81. The van der Waals surface area contributed by atoms with E-state index in [1.807, 2.05) is 37.3 Å². The van der Waals surface area contributed by atoms with Crippen LogP contribution >= 0.6 is 0 Å². The van der Waals surface area contributed by atoms with Crippen molar-refractivity contribution in [1.29, 1.82) is 0 Å². The molecule has 2 rings (SSSR count). The van der Waals surface area contributed by atoms with E-state index in [9.17, 15) is 0 Å². The van der Waals surface area contributed by atoms with Crippen molar-refractivity contribution in [2.24, 2.45) is 0 Å². The van der Waals surface area contributed by atoms with Crippen LogP contribution in [0.1, 0.15) is 11.5 Å². The zero-order valence-electron chi connectivity index (χ0n) is 9.05. The van der Waals surface area contributed by atoms with Crippen LogP contribution in [0.25, 0.3) is 17.5 Å². The van der Waals surface area contributed by atoms with Crippen LogP contribution in [0.3, 0.4) is 0 Å². The van der Waals surface area contributed by atoms with Gasteiger partial charge in [-0.1, -0.05) is 24.3 Å². The molecule has 1 aromatic heterocycles. The van der Waals surface area contributed by atoms with E-state index < -0.39 is 0 Å². The number of benzene rings is 1. The summed E-state index contributed by atoms with van der Waals surface area (Å²) in [5, 5.41) is 8.70. The fourth-order valence-electron chi connectivity index (χ4n) is 1.43. The zero-order chi connectivity index (χ0) is 11.4. The van der Waals surface area contributed by atoms with E-state index >= 15 is 0 Å². The molecule has 2 aromatic rings. The Morgan fingerprint density at radius 2 is 2.06 bits per heavy atom. The molecule has 0 unspecified atom stereocenters. The SMILES string of the molecule is Cc1oc(-c2ccccc2)nc1/C=C/CO. The Morgan fingerprint density at radius 1 is 1.31 bits per heavy atom. The van der Waals surface area contributed by atoms with Gasteiger partial charge in [-0.15, -0.1) is 0 Å². The number of rotatable bonds is 3. The maximum Gasteiger partial charge on any atom is 0.226 e. The Labute approximate surface area is 94.1 Å². The van der Waals surface area contributed by atoms with Crippen molar-refractivity contribution in [3.05, 3.63) is 47.9 Å². The molecular weight excluding hydrogens is 202 g/mol.